The van der Waals surface area contributed by atoms with Gasteiger partial charge in [0.25, 0.3) is 0 Å². The molecule has 6 heteroatoms. The molecule has 1 fully saturated rings. The predicted molar refractivity (Wildman–Crippen MR) is 80.1 cm³/mol. The number of hydrogen-bond donors (Lipinski definition) is 2. The standard InChI is InChI=1S/C13H15IN2O3/c14-10-5-1-2-6-11(10)15-13(19)16-7-3-4-9(8-16)12(17)18/h1-2,5-6,9H,3-4,7-8H2,(H,15,19)(H,17,18)/t9-/m0/s1. The molecule has 1 aliphatic heterocycles. The number of hydrogen-bond acceptors (Lipinski definition) is 2. The number of piperidine rings is 1. The van der Waals surface area contributed by atoms with E-state index in [1.807, 2.05) is 24.3 Å². The summed E-state index contributed by atoms with van der Waals surface area (Å²) in [6, 6.07) is 7.27. The molecule has 2 N–H and O–H groups in total. The van der Waals surface area contributed by atoms with Gasteiger partial charge in [0.1, 0.15) is 0 Å². The Labute approximate surface area is 125 Å². The number of likely N-dealkylation sites (tertiary alicyclic amines) is 1. The van der Waals surface area contributed by atoms with Crippen LogP contribution < -0.4 is 5.32 Å². The van der Waals surface area contributed by atoms with Crippen LogP contribution in [-0.2, 0) is 4.79 Å². The first-order valence-electron chi connectivity index (χ1n) is 6.11. The minimum atomic E-state index is -0.827. The zero-order chi connectivity index (χ0) is 13.8. The van der Waals surface area contributed by atoms with Crippen molar-refractivity contribution in [3.63, 3.8) is 0 Å². The third kappa shape index (κ3) is 3.59. The predicted octanol–water partition coefficient (Wildman–Crippen LogP) is 2.62. The molecule has 0 saturated carbocycles. The Balaban J connectivity index is 2.00. The number of carbonyl (C=O) groups excluding carboxylic acids is 1. The Bertz CT molecular complexity index is 493. The highest BCUT2D eigenvalue weighted by atomic mass is 127. The lowest BCUT2D eigenvalue weighted by atomic mass is 9.99. The lowest BCUT2D eigenvalue weighted by Crippen LogP contribution is -2.44. The van der Waals surface area contributed by atoms with Gasteiger partial charge in [0.2, 0.25) is 0 Å². The van der Waals surface area contributed by atoms with Crippen LogP contribution in [0.2, 0.25) is 0 Å². The first-order chi connectivity index (χ1) is 9.08. The number of carbonyl (C=O) groups is 2. The van der Waals surface area contributed by atoms with Crippen LogP contribution in [0.3, 0.4) is 0 Å². The Morgan fingerprint density at radius 3 is 2.79 bits per heavy atom. The Hall–Kier alpha value is -1.31. The maximum Gasteiger partial charge on any atom is 0.321 e. The van der Waals surface area contributed by atoms with E-state index in [1.54, 1.807) is 4.90 Å². The zero-order valence-corrected chi connectivity index (χ0v) is 12.5. The van der Waals surface area contributed by atoms with Gasteiger partial charge in [-0.15, -0.1) is 0 Å². The fraction of sp³-hybridized carbons (Fsp3) is 0.385. The highest BCUT2D eigenvalue weighted by Gasteiger charge is 2.28. The number of benzene rings is 1. The van der Waals surface area contributed by atoms with Gasteiger partial charge in [0.15, 0.2) is 0 Å². The average Bonchev–Trinajstić information content (AvgIpc) is 2.41. The second-order valence-electron chi connectivity index (χ2n) is 4.53. The summed E-state index contributed by atoms with van der Waals surface area (Å²) >= 11 is 2.15. The molecule has 2 rings (SSSR count). The number of urea groups is 1. The van der Waals surface area contributed by atoms with Crippen molar-refractivity contribution >= 4 is 40.3 Å². The number of amides is 2. The van der Waals surface area contributed by atoms with Gasteiger partial charge < -0.3 is 15.3 Å². The second-order valence-corrected chi connectivity index (χ2v) is 5.70. The number of nitrogens with zero attached hydrogens (tertiary/aromatic N) is 1. The van der Waals surface area contributed by atoms with Crippen molar-refractivity contribution in [2.75, 3.05) is 18.4 Å². The summed E-state index contributed by atoms with van der Waals surface area (Å²) < 4.78 is 0.959. The fourth-order valence-electron chi connectivity index (χ4n) is 2.12. The maximum atomic E-state index is 12.1. The molecule has 0 aliphatic carbocycles. The molecule has 102 valence electrons. The van der Waals surface area contributed by atoms with Crippen LogP contribution in [0.4, 0.5) is 10.5 Å². The third-order valence-electron chi connectivity index (χ3n) is 3.17. The largest absolute Gasteiger partial charge is 0.481 e. The molecule has 1 atom stereocenters. The molecule has 5 nitrogen and oxygen atoms in total. The van der Waals surface area contributed by atoms with Crippen molar-refractivity contribution in [2.45, 2.75) is 12.8 Å². The first-order valence-corrected chi connectivity index (χ1v) is 7.19. The third-order valence-corrected chi connectivity index (χ3v) is 4.11. The molecule has 0 bridgehead atoms. The first kappa shape index (κ1) is 14.1. The van der Waals surface area contributed by atoms with Crippen molar-refractivity contribution < 1.29 is 14.7 Å². The van der Waals surface area contributed by atoms with E-state index in [0.29, 0.717) is 13.0 Å². The van der Waals surface area contributed by atoms with E-state index in [0.717, 1.165) is 15.7 Å². The van der Waals surface area contributed by atoms with E-state index < -0.39 is 11.9 Å². The smallest absolute Gasteiger partial charge is 0.321 e. The Morgan fingerprint density at radius 1 is 1.37 bits per heavy atom. The number of halogens is 1. The molecule has 1 saturated heterocycles. The second kappa shape index (κ2) is 6.23. The van der Waals surface area contributed by atoms with Crippen molar-refractivity contribution in [1.29, 1.82) is 0 Å². The van der Waals surface area contributed by atoms with E-state index >= 15 is 0 Å². The normalized spacial score (nSPS) is 19.0. The summed E-state index contributed by atoms with van der Waals surface area (Å²) in [6.07, 6.45) is 1.37. The van der Waals surface area contributed by atoms with Crippen LogP contribution in [0, 0.1) is 9.49 Å². The highest BCUT2D eigenvalue weighted by molar-refractivity contribution is 14.1. The van der Waals surface area contributed by atoms with Crippen LogP contribution in [0.5, 0.6) is 0 Å². The van der Waals surface area contributed by atoms with Crippen LogP contribution in [0.25, 0.3) is 0 Å². The molecular formula is C13H15IN2O3. The highest BCUT2D eigenvalue weighted by Crippen LogP contribution is 2.20. The van der Waals surface area contributed by atoms with Gasteiger partial charge in [0.05, 0.1) is 11.6 Å². The topological polar surface area (TPSA) is 69.6 Å². The van der Waals surface area contributed by atoms with E-state index in [9.17, 15) is 9.59 Å². The van der Waals surface area contributed by atoms with Crippen molar-refractivity contribution in [2.24, 2.45) is 5.92 Å². The monoisotopic (exact) mass is 374 g/mol. The number of nitrogens with one attached hydrogen (secondary N) is 1. The van der Waals surface area contributed by atoms with Gasteiger partial charge in [-0.25, -0.2) is 4.79 Å². The molecule has 0 unspecified atom stereocenters. The number of rotatable bonds is 2. The molecule has 2 amide bonds. The molecule has 0 radical (unpaired) electrons. The van der Waals surface area contributed by atoms with Gasteiger partial charge in [-0.05, 0) is 47.6 Å². The molecule has 0 spiro atoms. The summed E-state index contributed by atoms with van der Waals surface area (Å²) in [5, 5.41) is 11.8. The molecule has 1 aromatic rings. The summed E-state index contributed by atoms with van der Waals surface area (Å²) in [6.45, 7) is 0.892. The average molecular weight is 374 g/mol. The van der Waals surface area contributed by atoms with Crippen LogP contribution >= 0.6 is 22.6 Å². The van der Waals surface area contributed by atoms with Crippen LogP contribution in [0.1, 0.15) is 12.8 Å². The number of para-hydroxylation sites is 1. The summed E-state index contributed by atoms with van der Waals surface area (Å²) in [4.78, 5) is 24.7. The van der Waals surface area contributed by atoms with E-state index in [4.69, 9.17) is 5.11 Å². The van der Waals surface area contributed by atoms with Gasteiger partial charge in [-0.3, -0.25) is 4.79 Å². The molecule has 1 heterocycles. The molecular weight excluding hydrogens is 359 g/mol. The summed E-state index contributed by atoms with van der Waals surface area (Å²) in [7, 11) is 0. The van der Waals surface area contributed by atoms with Crippen molar-refractivity contribution in [1.82, 2.24) is 4.90 Å². The maximum absolute atomic E-state index is 12.1. The summed E-state index contributed by atoms with van der Waals surface area (Å²) in [5.41, 5.74) is 0.755. The number of anilines is 1. The SMILES string of the molecule is O=C(O)[C@H]1CCCN(C(=O)Nc2ccccc2I)C1. The van der Waals surface area contributed by atoms with Gasteiger partial charge >= 0.3 is 12.0 Å². The van der Waals surface area contributed by atoms with Gasteiger partial charge in [-0.2, -0.15) is 0 Å². The molecule has 0 aromatic heterocycles. The Kier molecular flexibility index (Phi) is 4.62. The number of aliphatic carboxylic acids is 1. The van der Waals surface area contributed by atoms with Gasteiger partial charge in [0, 0.05) is 16.7 Å². The molecule has 1 aliphatic rings. The van der Waals surface area contributed by atoms with E-state index in [2.05, 4.69) is 27.9 Å². The van der Waals surface area contributed by atoms with Gasteiger partial charge in [-0.1, -0.05) is 12.1 Å². The fourth-order valence-corrected chi connectivity index (χ4v) is 2.64. The van der Waals surface area contributed by atoms with E-state index in [-0.39, 0.29) is 12.6 Å². The molecule has 19 heavy (non-hydrogen) atoms. The Morgan fingerprint density at radius 2 is 2.11 bits per heavy atom. The lowest BCUT2D eigenvalue weighted by Gasteiger charge is -2.30. The minimum absolute atomic E-state index is 0.227. The van der Waals surface area contributed by atoms with E-state index in [1.165, 1.54) is 0 Å². The number of carboxylic acid groups (broad SMARTS) is 1. The lowest BCUT2D eigenvalue weighted by molar-refractivity contribution is -0.143. The van der Waals surface area contributed by atoms with Crippen molar-refractivity contribution in [3.05, 3.63) is 27.8 Å². The number of carboxylic acids is 1. The zero-order valence-electron chi connectivity index (χ0n) is 10.3. The van der Waals surface area contributed by atoms with Crippen LogP contribution in [-0.4, -0.2) is 35.1 Å². The minimum Gasteiger partial charge on any atom is -0.481 e. The van der Waals surface area contributed by atoms with Crippen LogP contribution in [0.15, 0.2) is 24.3 Å². The quantitative estimate of drug-likeness (QED) is 0.782. The summed E-state index contributed by atoms with van der Waals surface area (Å²) in [5.74, 6) is -1.28. The van der Waals surface area contributed by atoms with Crippen molar-refractivity contribution in [3.8, 4) is 0 Å². The molecule has 1 aromatic carbocycles.